The highest BCUT2D eigenvalue weighted by Gasteiger charge is 2.08. The summed E-state index contributed by atoms with van der Waals surface area (Å²) in [7, 11) is 1.63. The van der Waals surface area contributed by atoms with E-state index < -0.39 is 0 Å². The molecule has 0 saturated carbocycles. The maximum atomic E-state index is 12.4. The van der Waals surface area contributed by atoms with Crippen LogP contribution in [0.4, 0.5) is 0 Å². The second-order valence-electron chi connectivity index (χ2n) is 4.67. The Morgan fingerprint density at radius 3 is 2.71 bits per heavy atom. The Balaban J connectivity index is 2.10. The summed E-state index contributed by atoms with van der Waals surface area (Å²) < 4.78 is 7.43. The molecule has 0 saturated heterocycles. The summed E-state index contributed by atoms with van der Waals surface area (Å²) in [5, 5.41) is 0.928. The minimum absolute atomic E-state index is 0.0514. The van der Waals surface area contributed by atoms with Crippen LogP contribution in [0.15, 0.2) is 58.1 Å². The molecule has 0 amide bonds. The molecule has 0 aliphatic carbocycles. The number of ether oxygens (including phenoxy) is 1. The second-order valence-corrected chi connectivity index (χ2v) is 5.52. The van der Waals surface area contributed by atoms with Crippen molar-refractivity contribution >= 4 is 26.8 Å². The van der Waals surface area contributed by atoms with E-state index in [0.717, 1.165) is 22.2 Å². The van der Waals surface area contributed by atoms with E-state index in [9.17, 15) is 4.79 Å². The number of hydrogen-bond donors (Lipinski definition) is 0. The van der Waals surface area contributed by atoms with Crippen molar-refractivity contribution in [3.05, 3.63) is 69.2 Å². The predicted molar refractivity (Wildman–Crippen MR) is 85.8 cm³/mol. The highest BCUT2D eigenvalue weighted by molar-refractivity contribution is 9.10. The lowest BCUT2D eigenvalue weighted by Gasteiger charge is -2.11. The molecule has 0 fully saturated rings. The summed E-state index contributed by atoms with van der Waals surface area (Å²) >= 11 is 3.32. The number of hydrogen-bond acceptors (Lipinski definition) is 3. The van der Waals surface area contributed by atoms with E-state index in [4.69, 9.17) is 4.74 Å². The van der Waals surface area contributed by atoms with Gasteiger partial charge in [0.25, 0.3) is 5.56 Å². The fourth-order valence-electron chi connectivity index (χ4n) is 2.26. The Bertz CT molecular complexity index is 841. The first-order valence-electron chi connectivity index (χ1n) is 6.45. The summed E-state index contributed by atoms with van der Waals surface area (Å²) in [6.45, 7) is 0.503. The van der Waals surface area contributed by atoms with Crippen molar-refractivity contribution in [1.29, 1.82) is 0 Å². The molecule has 21 heavy (non-hydrogen) atoms. The van der Waals surface area contributed by atoms with Crippen molar-refractivity contribution < 1.29 is 4.74 Å². The zero-order valence-electron chi connectivity index (χ0n) is 11.4. The highest BCUT2D eigenvalue weighted by atomic mass is 79.9. The summed E-state index contributed by atoms with van der Waals surface area (Å²) in [6, 6.07) is 11.4. The Morgan fingerprint density at radius 1 is 1.24 bits per heavy atom. The van der Waals surface area contributed by atoms with Crippen molar-refractivity contribution in [2.45, 2.75) is 6.54 Å². The van der Waals surface area contributed by atoms with E-state index in [2.05, 4.69) is 20.9 Å². The molecule has 3 rings (SSSR count). The van der Waals surface area contributed by atoms with Crippen LogP contribution in [-0.2, 0) is 6.54 Å². The molecular formula is C16H13BrN2O2. The first-order chi connectivity index (χ1) is 10.2. The molecule has 1 aromatic carbocycles. The molecule has 0 aliphatic rings. The van der Waals surface area contributed by atoms with Crippen molar-refractivity contribution in [2.24, 2.45) is 0 Å². The van der Waals surface area contributed by atoms with Crippen molar-refractivity contribution in [3.8, 4) is 5.75 Å². The van der Waals surface area contributed by atoms with Gasteiger partial charge in [-0.3, -0.25) is 9.78 Å². The zero-order valence-corrected chi connectivity index (χ0v) is 13.0. The fraction of sp³-hybridized carbons (Fsp3) is 0.125. The smallest absolute Gasteiger partial charge is 0.265 e. The van der Waals surface area contributed by atoms with Crippen LogP contribution in [0.25, 0.3) is 10.9 Å². The van der Waals surface area contributed by atoms with E-state index >= 15 is 0 Å². The molecule has 106 valence electrons. The Kier molecular flexibility index (Phi) is 3.75. The van der Waals surface area contributed by atoms with Gasteiger partial charge >= 0.3 is 0 Å². The largest absolute Gasteiger partial charge is 0.497 e. The van der Waals surface area contributed by atoms with Crippen LogP contribution >= 0.6 is 15.9 Å². The molecule has 0 radical (unpaired) electrons. The lowest BCUT2D eigenvalue weighted by molar-refractivity contribution is 0.414. The summed E-state index contributed by atoms with van der Waals surface area (Å²) in [6.07, 6.45) is 3.45. The van der Waals surface area contributed by atoms with Gasteiger partial charge < -0.3 is 9.30 Å². The van der Waals surface area contributed by atoms with E-state index in [0.29, 0.717) is 11.0 Å². The Morgan fingerprint density at radius 2 is 2.00 bits per heavy atom. The molecule has 0 atom stereocenters. The van der Waals surface area contributed by atoms with Crippen molar-refractivity contribution in [2.75, 3.05) is 7.11 Å². The van der Waals surface area contributed by atoms with Crippen LogP contribution < -0.4 is 10.3 Å². The second kappa shape index (κ2) is 5.69. The number of methoxy groups -OCH3 is 1. The molecule has 4 nitrogen and oxygen atoms in total. The van der Waals surface area contributed by atoms with Crippen LogP contribution in [-0.4, -0.2) is 16.7 Å². The van der Waals surface area contributed by atoms with Gasteiger partial charge in [0.05, 0.1) is 23.6 Å². The summed E-state index contributed by atoms with van der Waals surface area (Å²) in [5.41, 5.74) is 1.85. The average Bonchev–Trinajstić information content (AvgIpc) is 2.52. The van der Waals surface area contributed by atoms with E-state index in [-0.39, 0.29) is 5.56 Å². The highest BCUT2D eigenvalue weighted by Crippen LogP contribution is 2.17. The van der Waals surface area contributed by atoms with Gasteiger partial charge in [0.1, 0.15) is 5.75 Å². The number of aromatic nitrogens is 2. The average molecular weight is 345 g/mol. The van der Waals surface area contributed by atoms with Crippen LogP contribution in [0.5, 0.6) is 5.75 Å². The Labute approximate surface area is 130 Å². The van der Waals surface area contributed by atoms with Gasteiger partial charge in [0.2, 0.25) is 0 Å². The predicted octanol–water partition coefficient (Wildman–Crippen LogP) is 3.22. The third kappa shape index (κ3) is 2.69. The number of fused-ring (bicyclic) bond motifs is 1. The number of rotatable bonds is 3. The molecular weight excluding hydrogens is 332 g/mol. The summed E-state index contributed by atoms with van der Waals surface area (Å²) in [5.74, 6) is 0.800. The van der Waals surface area contributed by atoms with E-state index in [1.807, 2.05) is 30.3 Å². The van der Waals surface area contributed by atoms with Crippen molar-refractivity contribution in [3.63, 3.8) is 0 Å². The van der Waals surface area contributed by atoms with Gasteiger partial charge in [0, 0.05) is 17.8 Å². The van der Waals surface area contributed by atoms with Gasteiger partial charge in [-0.05, 0) is 45.8 Å². The molecule has 3 aromatic rings. The lowest BCUT2D eigenvalue weighted by Crippen LogP contribution is -2.21. The molecule has 5 heteroatoms. The van der Waals surface area contributed by atoms with Gasteiger partial charge in [-0.1, -0.05) is 12.1 Å². The molecule has 2 aromatic heterocycles. The minimum atomic E-state index is -0.0514. The van der Waals surface area contributed by atoms with Crippen LogP contribution in [0.1, 0.15) is 5.56 Å². The molecule has 0 bridgehead atoms. The van der Waals surface area contributed by atoms with E-state index in [1.54, 1.807) is 30.1 Å². The fourth-order valence-corrected chi connectivity index (χ4v) is 2.72. The van der Waals surface area contributed by atoms with Crippen molar-refractivity contribution in [1.82, 2.24) is 9.55 Å². The normalized spacial score (nSPS) is 10.8. The van der Waals surface area contributed by atoms with E-state index in [1.165, 1.54) is 0 Å². The maximum absolute atomic E-state index is 12.4. The molecule has 0 spiro atoms. The summed E-state index contributed by atoms with van der Waals surface area (Å²) in [4.78, 5) is 16.5. The van der Waals surface area contributed by atoms with Crippen LogP contribution in [0, 0.1) is 0 Å². The Hall–Kier alpha value is -2.14. The zero-order chi connectivity index (χ0) is 14.8. The quantitative estimate of drug-likeness (QED) is 0.732. The lowest BCUT2D eigenvalue weighted by atomic mass is 10.2. The molecule has 0 N–H and O–H groups in total. The number of halogens is 1. The molecule has 2 heterocycles. The maximum Gasteiger partial charge on any atom is 0.265 e. The SMILES string of the molecule is COc1ccc(Cn2c(=O)c(Br)cc3cnccc32)cc1. The monoisotopic (exact) mass is 344 g/mol. The molecule has 0 unspecified atom stereocenters. The van der Waals surface area contributed by atoms with Crippen LogP contribution in [0.3, 0.4) is 0 Å². The van der Waals surface area contributed by atoms with Gasteiger partial charge in [-0.15, -0.1) is 0 Å². The van der Waals surface area contributed by atoms with Gasteiger partial charge in [-0.2, -0.15) is 0 Å². The number of benzene rings is 1. The van der Waals surface area contributed by atoms with Gasteiger partial charge in [-0.25, -0.2) is 0 Å². The third-order valence-electron chi connectivity index (χ3n) is 3.35. The number of nitrogens with zero attached hydrogens (tertiary/aromatic N) is 2. The molecule has 0 aliphatic heterocycles. The standard InChI is InChI=1S/C16H13BrN2O2/c1-21-13-4-2-11(3-5-13)10-19-15-6-7-18-9-12(15)8-14(17)16(19)20/h2-9H,10H2,1H3. The number of pyridine rings is 2. The first-order valence-corrected chi connectivity index (χ1v) is 7.24. The van der Waals surface area contributed by atoms with Crippen LogP contribution in [0.2, 0.25) is 0 Å². The minimum Gasteiger partial charge on any atom is -0.497 e. The topological polar surface area (TPSA) is 44.1 Å². The third-order valence-corrected chi connectivity index (χ3v) is 3.92. The van der Waals surface area contributed by atoms with Gasteiger partial charge in [0.15, 0.2) is 0 Å². The first kappa shape index (κ1) is 13.8.